The predicted molar refractivity (Wildman–Crippen MR) is 127 cm³/mol. The van der Waals surface area contributed by atoms with Crippen LogP contribution < -0.4 is 0 Å². The second kappa shape index (κ2) is 8.98. The van der Waals surface area contributed by atoms with E-state index < -0.39 is 23.4 Å². The Bertz CT molecular complexity index is 1180. The second-order valence-corrected chi connectivity index (χ2v) is 8.90. The first-order valence-corrected chi connectivity index (χ1v) is 11.4. The molecule has 0 aromatic heterocycles. The molecule has 5 nitrogen and oxygen atoms in total. The van der Waals surface area contributed by atoms with Crippen molar-refractivity contribution in [3.8, 4) is 11.1 Å². The van der Waals surface area contributed by atoms with Crippen LogP contribution in [0.3, 0.4) is 0 Å². The minimum absolute atomic E-state index is 0.0731. The number of carboxylic acid groups (broad SMARTS) is 1. The monoisotopic (exact) mass is 511 g/mol. The summed E-state index contributed by atoms with van der Waals surface area (Å²) in [6, 6.07) is 19.7. The lowest BCUT2D eigenvalue weighted by Crippen LogP contribution is -2.53. The van der Waals surface area contributed by atoms with Crippen LogP contribution >= 0.6 is 15.9 Å². The van der Waals surface area contributed by atoms with Gasteiger partial charge in [-0.25, -0.2) is 14.0 Å². The third-order valence-electron chi connectivity index (χ3n) is 6.28. The lowest BCUT2D eigenvalue weighted by molar-refractivity contribution is -0.150. The summed E-state index contributed by atoms with van der Waals surface area (Å²) < 4.78 is 19.6. The minimum atomic E-state index is -1.76. The van der Waals surface area contributed by atoms with Crippen LogP contribution in [0.4, 0.5) is 9.18 Å². The Balaban J connectivity index is 1.63. The number of likely N-dealkylation sites (N-methyl/N-ethyl adjacent to an activating group) is 1. The average molecular weight is 512 g/mol. The molecular weight excluding hydrogens is 489 g/mol. The molecule has 33 heavy (non-hydrogen) atoms. The zero-order valence-electron chi connectivity index (χ0n) is 18.2. The van der Waals surface area contributed by atoms with Gasteiger partial charge in [0, 0.05) is 22.5 Å². The zero-order chi connectivity index (χ0) is 23.8. The molecule has 3 aromatic rings. The molecule has 4 rings (SSSR count). The summed E-state index contributed by atoms with van der Waals surface area (Å²) >= 11 is 3.24. The maximum atomic E-state index is 13.6. The smallest absolute Gasteiger partial charge is 0.411 e. The molecule has 1 aliphatic rings. The fourth-order valence-electron chi connectivity index (χ4n) is 4.56. The Morgan fingerprint density at radius 2 is 1.64 bits per heavy atom. The number of amides is 1. The number of fused-ring (bicyclic) bond motifs is 3. The number of hydrogen-bond donors (Lipinski definition) is 1. The van der Waals surface area contributed by atoms with Crippen molar-refractivity contribution in [1.29, 1.82) is 0 Å². The predicted octanol–water partition coefficient (Wildman–Crippen LogP) is 6.16. The Morgan fingerprint density at radius 1 is 1.06 bits per heavy atom. The first-order valence-electron chi connectivity index (χ1n) is 10.6. The van der Waals surface area contributed by atoms with Gasteiger partial charge >= 0.3 is 12.1 Å². The van der Waals surface area contributed by atoms with Crippen LogP contribution in [-0.4, -0.2) is 35.2 Å². The molecule has 0 heterocycles. The highest BCUT2D eigenvalue weighted by Gasteiger charge is 2.46. The summed E-state index contributed by atoms with van der Waals surface area (Å²) in [5, 5.41) is 10.1. The highest BCUT2D eigenvalue weighted by atomic mass is 79.9. The van der Waals surface area contributed by atoms with E-state index in [0.717, 1.165) is 27.2 Å². The minimum Gasteiger partial charge on any atom is -0.479 e. The van der Waals surface area contributed by atoms with E-state index in [1.165, 1.54) is 25.1 Å². The number of benzene rings is 3. The van der Waals surface area contributed by atoms with Crippen molar-refractivity contribution in [2.45, 2.75) is 25.3 Å². The third kappa shape index (κ3) is 3.91. The topological polar surface area (TPSA) is 66.8 Å². The fraction of sp³-hybridized carbons (Fsp3) is 0.231. The fourth-order valence-corrected chi connectivity index (χ4v) is 5.30. The van der Waals surface area contributed by atoms with Crippen molar-refractivity contribution in [2.24, 2.45) is 0 Å². The van der Waals surface area contributed by atoms with E-state index in [1.54, 1.807) is 6.92 Å². The maximum Gasteiger partial charge on any atom is 0.411 e. The molecule has 0 aliphatic heterocycles. The van der Waals surface area contributed by atoms with E-state index in [9.17, 15) is 19.1 Å². The van der Waals surface area contributed by atoms with Crippen molar-refractivity contribution < 1.29 is 23.8 Å². The molecule has 0 spiro atoms. The first kappa shape index (κ1) is 23.0. The van der Waals surface area contributed by atoms with E-state index in [4.69, 9.17) is 4.74 Å². The highest BCUT2D eigenvalue weighted by Crippen LogP contribution is 2.44. The lowest BCUT2D eigenvalue weighted by atomic mass is 9.90. The Kier molecular flexibility index (Phi) is 6.26. The largest absolute Gasteiger partial charge is 0.479 e. The van der Waals surface area contributed by atoms with Crippen LogP contribution in [0, 0.1) is 5.82 Å². The number of carboxylic acids is 1. The van der Waals surface area contributed by atoms with Crippen LogP contribution in [0.2, 0.25) is 0 Å². The molecule has 0 saturated carbocycles. The summed E-state index contributed by atoms with van der Waals surface area (Å²) in [4.78, 5) is 26.7. The summed E-state index contributed by atoms with van der Waals surface area (Å²) in [6.07, 6.45) is -0.750. The van der Waals surface area contributed by atoms with Gasteiger partial charge in [-0.1, -0.05) is 70.5 Å². The van der Waals surface area contributed by atoms with Gasteiger partial charge in [0.25, 0.3) is 0 Å². The standard InChI is InChI=1S/C26H23BrFNO4/c1-3-29(26(2,24(30)31)22-13-12-16(28)14-23(22)27)25(32)33-15-21-19-10-6-4-8-17(19)18-9-5-7-11-20(18)21/h4-14,21H,3,15H2,1-2H3,(H,30,31). The van der Waals surface area contributed by atoms with Gasteiger partial charge in [-0.2, -0.15) is 0 Å². The number of aliphatic carboxylic acids is 1. The Morgan fingerprint density at radius 3 is 2.15 bits per heavy atom. The Labute approximate surface area is 199 Å². The van der Waals surface area contributed by atoms with Gasteiger partial charge in [-0.15, -0.1) is 0 Å². The number of halogens is 2. The van der Waals surface area contributed by atoms with Crippen LogP contribution in [0.1, 0.15) is 36.5 Å². The zero-order valence-corrected chi connectivity index (χ0v) is 19.8. The van der Waals surface area contributed by atoms with Crippen molar-refractivity contribution in [3.63, 3.8) is 0 Å². The molecule has 1 amide bonds. The van der Waals surface area contributed by atoms with E-state index in [0.29, 0.717) is 0 Å². The molecule has 1 unspecified atom stereocenters. The number of nitrogens with zero attached hydrogens (tertiary/aromatic N) is 1. The van der Waals surface area contributed by atoms with E-state index in [1.807, 2.05) is 48.5 Å². The molecular formula is C26H23BrFNO4. The number of ether oxygens (including phenoxy) is 1. The SMILES string of the molecule is CCN(C(=O)OCC1c2ccccc2-c2ccccc21)C(C)(C(=O)O)c1ccc(F)cc1Br. The van der Waals surface area contributed by atoms with E-state index in [-0.39, 0.29) is 29.1 Å². The molecule has 0 radical (unpaired) electrons. The van der Waals surface area contributed by atoms with Crippen molar-refractivity contribution in [1.82, 2.24) is 4.90 Å². The van der Waals surface area contributed by atoms with E-state index in [2.05, 4.69) is 15.9 Å². The molecule has 1 aliphatic carbocycles. The summed E-state index contributed by atoms with van der Waals surface area (Å²) in [5.74, 6) is -1.90. The number of rotatable bonds is 6. The number of carbonyl (C=O) groups excluding carboxylic acids is 1. The normalized spacial score (nSPS) is 14.2. The molecule has 0 bridgehead atoms. The third-order valence-corrected chi connectivity index (χ3v) is 6.94. The quantitative estimate of drug-likeness (QED) is 0.430. The van der Waals surface area contributed by atoms with Gasteiger partial charge < -0.3 is 9.84 Å². The van der Waals surface area contributed by atoms with Gasteiger partial charge in [0.1, 0.15) is 12.4 Å². The van der Waals surface area contributed by atoms with Crippen LogP contribution in [0.25, 0.3) is 11.1 Å². The van der Waals surface area contributed by atoms with Crippen molar-refractivity contribution in [2.75, 3.05) is 13.2 Å². The maximum absolute atomic E-state index is 13.6. The molecule has 3 aromatic carbocycles. The summed E-state index contributed by atoms with van der Waals surface area (Å²) in [5.41, 5.74) is 2.84. The summed E-state index contributed by atoms with van der Waals surface area (Å²) in [6.45, 7) is 3.26. The van der Waals surface area contributed by atoms with Gasteiger partial charge in [0.15, 0.2) is 5.54 Å². The van der Waals surface area contributed by atoms with Crippen LogP contribution in [0.5, 0.6) is 0 Å². The van der Waals surface area contributed by atoms with Crippen molar-refractivity contribution in [3.05, 3.63) is 93.7 Å². The van der Waals surface area contributed by atoms with E-state index >= 15 is 0 Å². The molecule has 0 fully saturated rings. The molecule has 1 N–H and O–H groups in total. The second-order valence-electron chi connectivity index (χ2n) is 8.05. The average Bonchev–Trinajstić information content (AvgIpc) is 3.11. The molecule has 0 saturated heterocycles. The first-order chi connectivity index (χ1) is 15.8. The van der Waals surface area contributed by atoms with Crippen molar-refractivity contribution >= 4 is 28.0 Å². The van der Waals surface area contributed by atoms with Crippen LogP contribution in [-0.2, 0) is 15.1 Å². The van der Waals surface area contributed by atoms with Gasteiger partial charge in [0.2, 0.25) is 0 Å². The van der Waals surface area contributed by atoms with Crippen LogP contribution in [0.15, 0.2) is 71.2 Å². The molecule has 1 atom stereocenters. The molecule has 7 heteroatoms. The van der Waals surface area contributed by atoms with Gasteiger partial charge in [0.05, 0.1) is 0 Å². The Hall–Kier alpha value is -3.19. The highest BCUT2D eigenvalue weighted by molar-refractivity contribution is 9.10. The van der Waals surface area contributed by atoms with Gasteiger partial charge in [-0.05, 0) is 48.2 Å². The number of carbonyl (C=O) groups is 2. The number of hydrogen-bond acceptors (Lipinski definition) is 3. The molecule has 170 valence electrons. The summed E-state index contributed by atoms with van der Waals surface area (Å²) in [7, 11) is 0. The van der Waals surface area contributed by atoms with Gasteiger partial charge in [-0.3, -0.25) is 4.90 Å². The lowest BCUT2D eigenvalue weighted by Gasteiger charge is -2.37.